The average molecular weight is 447 g/mol. The molecule has 8 heteroatoms. The molecule has 2 aromatic carbocycles. The van der Waals surface area contributed by atoms with Crippen LogP contribution in [0.25, 0.3) is 0 Å². The van der Waals surface area contributed by atoms with E-state index in [4.69, 9.17) is 23.2 Å². The molecule has 3 aromatic rings. The van der Waals surface area contributed by atoms with Gasteiger partial charge in [0.1, 0.15) is 0 Å². The maximum absolute atomic E-state index is 12.6. The molecule has 1 amide bonds. The second-order valence-corrected chi connectivity index (χ2v) is 8.12. The van der Waals surface area contributed by atoms with Crippen molar-refractivity contribution in [3.8, 4) is 0 Å². The normalized spacial score (nSPS) is 11.8. The van der Waals surface area contributed by atoms with Crippen molar-refractivity contribution in [1.29, 1.82) is 0 Å². The van der Waals surface area contributed by atoms with Crippen LogP contribution in [-0.2, 0) is 12.3 Å². The van der Waals surface area contributed by atoms with Crippen molar-refractivity contribution >= 4 is 40.9 Å². The van der Waals surface area contributed by atoms with Crippen molar-refractivity contribution in [3.05, 3.63) is 88.2 Å². The Balaban J connectivity index is 1.74. The van der Waals surface area contributed by atoms with Crippen LogP contribution in [0.1, 0.15) is 34.7 Å². The first-order valence-corrected chi connectivity index (χ1v) is 10.7. The molecule has 1 atom stereocenters. The maximum atomic E-state index is 12.6. The minimum Gasteiger partial charge on any atom is -0.342 e. The van der Waals surface area contributed by atoms with Gasteiger partial charge in [-0.25, -0.2) is 0 Å². The van der Waals surface area contributed by atoms with Crippen LogP contribution in [0.3, 0.4) is 0 Å². The minimum atomic E-state index is -0.351. The Bertz CT molecular complexity index is 1000. The van der Waals surface area contributed by atoms with Gasteiger partial charge in [0.15, 0.2) is 11.0 Å². The second kappa shape index (κ2) is 9.96. The lowest BCUT2D eigenvalue weighted by Crippen LogP contribution is -2.29. The molecule has 29 heavy (non-hydrogen) atoms. The zero-order chi connectivity index (χ0) is 20.8. The fraction of sp³-hybridized carbons (Fsp3) is 0.190. The molecule has 0 aliphatic rings. The molecule has 0 aliphatic heterocycles. The fourth-order valence-corrected chi connectivity index (χ4v) is 4.00. The number of carbonyl (C=O) groups is 1. The van der Waals surface area contributed by atoms with Crippen LogP contribution in [-0.4, -0.2) is 20.7 Å². The third-order valence-corrected chi connectivity index (χ3v) is 5.81. The van der Waals surface area contributed by atoms with Crippen LogP contribution in [0.2, 0.25) is 10.0 Å². The van der Waals surface area contributed by atoms with E-state index in [1.54, 1.807) is 42.1 Å². The number of nitrogens with one attached hydrogen (secondary N) is 1. The Hall–Kier alpha value is -2.28. The van der Waals surface area contributed by atoms with E-state index in [1.165, 1.54) is 0 Å². The minimum absolute atomic E-state index is 0.258. The number of allylic oxidation sites excluding steroid dienone is 1. The van der Waals surface area contributed by atoms with Gasteiger partial charge in [-0.05, 0) is 36.8 Å². The summed E-state index contributed by atoms with van der Waals surface area (Å²) in [7, 11) is 0. The van der Waals surface area contributed by atoms with E-state index < -0.39 is 0 Å². The van der Waals surface area contributed by atoms with Gasteiger partial charge in [-0.15, -0.1) is 16.8 Å². The number of hydrogen-bond acceptors (Lipinski definition) is 4. The van der Waals surface area contributed by atoms with Gasteiger partial charge in [-0.2, -0.15) is 0 Å². The van der Waals surface area contributed by atoms with E-state index in [-0.39, 0.29) is 11.9 Å². The molecule has 1 heterocycles. The number of halogens is 2. The Morgan fingerprint density at radius 1 is 1.21 bits per heavy atom. The molecule has 1 N–H and O–H groups in total. The SMILES string of the molecule is C=CCn1c(SCc2ccc(Cl)cc2)nnc1[C@H](C)NC(=O)c1ccccc1Cl. The van der Waals surface area contributed by atoms with E-state index in [0.29, 0.717) is 28.0 Å². The zero-order valence-corrected chi connectivity index (χ0v) is 18.1. The lowest BCUT2D eigenvalue weighted by molar-refractivity contribution is 0.0937. The quantitative estimate of drug-likeness (QED) is 0.363. The molecule has 0 saturated heterocycles. The molecule has 0 fully saturated rings. The van der Waals surface area contributed by atoms with Crippen LogP contribution in [0.5, 0.6) is 0 Å². The molecular formula is C21H20Cl2N4OS. The monoisotopic (exact) mass is 446 g/mol. The van der Waals surface area contributed by atoms with Crippen LogP contribution in [0.15, 0.2) is 66.3 Å². The summed E-state index contributed by atoms with van der Waals surface area (Å²) in [4.78, 5) is 12.6. The van der Waals surface area contributed by atoms with Crippen molar-refractivity contribution in [2.24, 2.45) is 0 Å². The highest BCUT2D eigenvalue weighted by Gasteiger charge is 2.20. The van der Waals surface area contributed by atoms with Gasteiger partial charge in [0.05, 0.1) is 16.6 Å². The maximum Gasteiger partial charge on any atom is 0.253 e. The number of thioether (sulfide) groups is 1. The van der Waals surface area contributed by atoms with E-state index >= 15 is 0 Å². The molecule has 150 valence electrons. The van der Waals surface area contributed by atoms with Crippen LogP contribution in [0.4, 0.5) is 0 Å². The summed E-state index contributed by atoms with van der Waals surface area (Å²) < 4.78 is 1.95. The first kappa shape index (κ1) is 21.4. The van der Waals surface area contributed by atoms with Crippen molar-refractivity contribution in [2.45, 2.75) is 30.4 Å². The average Bonchev–Trinajstić information content (AvgIpc) is 3.11. The summed E-state index contributed by atoms with van der Waals surface area (Å²) in [5.74, 6) is 1.13. The van der Waals surface area contributed by atoms with Crippen molar-refractivity contribution < 1.29 is 4.79 Å². The summed E-state index contributed by atoms with van der Waals surface area (Å²) in [5.41, 5.74) is 1.56. The summed E-state index contributed by atoms with van der Waals surface area (Å²) >= 11 is 13.6. The Kier molecular flexibility index (Phi) is 7.36. The van der Waals surface area contributed by atoms with Gasteiger partial charge < -0.3 is 9.88 Å². The number of rotatable bonds is 8. The molecule has 0 unspecified atom stereocenters. The zero-order valence-electron chi connectivity index (χ0n) is 15.8. The third-order valence-electron chi connectivity index (χ3n) is 4.19. The Labute approximate surface area is 184 Å². The van der Waals surface area contributed by atoms with Gasteiger partial charge in [0.2, 0.25) is 0 Å². The summed E-state index contributed by atoms with van der Waals surface area (Å²) in [6, 6.07) is 14.3. The molecule has 0 bridgehead atoms. The second-order valence-electron chi connectivity index (χ2n) is 6.33. The molecule has 0 spiro atoms. The first-order valence-electron chi connectivity index (χ1n) is 8.96. The number of nitrogens with zero attached hydrogens (tertiary/aromatic N) is 3. The molecule has 1 aromatic heterocycles. The van der Waals surface area contributed by atoms with Gasteiger partial charge in [-0.3, -0.25) is 4.79 Å². The number of amides is 1. The van der Waals surface area contributed by atoms with Gasteiger partial charge in [0.25, 0.3) is 5.91 Å². The molecular weight excluding hydrogens is 427 g/mol. The summed E-state index contributed by atoms with van der Waals surface area (Å²) in [6.07, 6.45) is 1.78. The van der Waals surface area contributed by atoms with Crippen molar-refractivity contribution in [3.63, 3.8) is 0 Å². The van der Waals surface area contributed by atoms with Crippen molar-refractivity contribution in [2.75, 3.05) is 0 Å². The predicted octanol–water partition coefficient (Wildman–Crippen LogP) is 5.55. The number of benzene rings is 2. The molecule has 0 saturated carbocycles. The van der Waals surface area contributed by atoms with Gasteiger partial charge >= 0.3 is 0 Å². The molecule has 0 radical (unpaired) electrons. The van der Waals surface area contributed by atoms with E-state index in [0.717, 1.165) is 16.5 Å². The standard InChI is InChI=1S/C21H20Cl2N4OS/c1-3-12-27-19(14(2)24-20(28)17-6-4-5-7-18(17)23)25-26-21(27)29-13-15-8-10-16(22)11-9-15/h3-11,14H,1,12-13H2,2H3,(H,24,28)/t14-/m0/s1. The largest absolute Gasteiger partial charge is 0.342 e. The lowest BCUT2D eigenvalue weighted by Gasteiger charge is -2.15. The predicted molar refractivity (Wildman–Crippen MR) is 119 cm³/mol. The third kappa shape index (κ3) is 5.41. The highest BCUT2D eigenvalue weighted by atomic mass is 35.5. The van der Waals surface area contributed by atoms with E-state index in [9.17, 15) is 4.79 Å². The molecule has 3 rings (SSSR count). The number of hydrogen-bond donors (Lipinski definition) is 1. The van der Waals surface area contributed by atoms with Crippen molar-refractivity contribution in [1.82, 2.24) is 20.1 Å². The number of aromatic nitrogens is 3. The van der Waals surface area contributed by atoms with Gasteiger partial charge in [0, 0.05) is 17.3 Å². The van der Waals surface area contributed by atoms with Crippen LogP contribution in [0, 0.1) is 0 Å². The highest BCUT2D eigenvalue weighted by molar-refractivity contribution is 7.98. The first-order chi connectivity index (χ1) is 14.0. The van der Waals surface area contributed by atoms with Crippen LogP contribution < -0.4 is 5.32 Å². The fourth-order valence-electron chi connectivity index (χ4n) is 2.74. The number of carbonyl (C=O) groups excluding carboxylic acids is 1. The Morgan fingerprint density at radius 2 is 1.93 bits per heavy atom. The smallest absolute Gasteiger partial charge is 0.253 e. The van der Waals surface area contributed by atoms with E-state index in [2.05, 4.69) is 22.1 Å². The van der Waals surface area contributed by atoms with Crippen LogP contribution >= 0.6 is 35.0 Å². The molecule has 5 nitrogen and oxygen atoms in total. The highest BCUT2D eigenvalue weighted by Crippen LogP contribution is 2.25. The summed E-state index contributed by atoms with van der Waals surface area (Å²) in [6.45, 7) is 6.23. The van der Waals surface area contributed by atoms with E-state index in [1.807, 2.05) is 35.8 Å². The molecule has 0 aliphatic carbocycles. The van der Waals surface area contributed by atoms with Gasteiger partial charge in [-0.1, -0.05) is 65.3 Å². The topological polar surface area (TPSA) is 59.8 Å². The summed E-state index contributed by atoms with van der Waals surface area (Å²) in [5, 5.41) is 13.4. The lowest BCUT2D eigenvalue weighted by atomic mass is 10.2. The Morgan fingerprint density at radius 3 is 2.62 bits per heavy atom.